The van der Waals surface area contributed by atoms with Gasteiger partial charge in [0.25, 0.3) is 0 Å². The summed E-state index contributed by atoms with van der Waals surface area (Å²) in [5.41, 5.74) is 0. The van der Waals surface area contributed by atoms with Crippen LogP contribution in [0.2, 0.25) is 0 Å². The SMILES string of the molecule is CCC1CNC(CC(C)C)CN1CC1CC1C. The quantitative estimate of drug-likeness (QED) is 0.792. The van der Waals surface area contributed by atoms with Gasteiger partial charge in [-0.2, -0.15) is 0 Å². The van der Waals surface area contributed by atoms with E-state index in [1.165, 1.54) is 38.9 Å². The Balaban J connectivity index is 1.84. The molecule has 100 valence electrons. The van der Waals surface area contributed by atoms with Crippen LogP contribution in [-0.4, -0.2) is 36.6 Å². The highest BCUT2D eigenvalue weighted by atomic mass is 15.2. The molecule has 4 unspecified atom stereocenters. The maximum atomic E-state index is 3.74. The first-order valence-corrected chi connectivity index (χ1v) is 7.57. The summed E-state index contributed by atoms with van der Waals surface area (Å²) in [6.07, 6.45) is 4.09. The number of hydrogen-bond acceptors (Lipinski definition) is 2. The van der Waals surface area contributed by atoms with Gasteiger partial charge in [0.05, 0.1) is 0 Å². The molecule has 0 amide bonds. The van der Waals surface area contributed by atoms with E-state index in [9.17, 15) is 0 Å². The average molecular weight is 238 g/mol. The van der Waals surface area contributed by atoms with E-state index in [1.54, 1.807) is 0 Å². The summed E-state index contributed by atoms with van der Waals surface area (Å²) >= 11 is 0. The lowest BCUT2D eigenvalue weighted by molar-refractivity contribution is 0.112. The normalized spacial score (nSPS) is 38.6. The second kappa shape index (κ2) is 5.71. The van der Waals surface area contributed by atoms with Gasteiger partial charge < -0.3 is 5.32 Å². The predicted octanol–water partition coefficient (Wildman–Crippen LogP) is 2.74. The highest BCUT2D eigenvalue weighted by Crippen LogP contribution is 2.39. The van der Waals surface area contributed by atoms with E-state index >= 15 is 0 Å². The van der Waals surface area contributed by atoms with Gasteiger partial charge in [0.1, 0.15) is 0 Å². The van der Waals surface area contributed by atoms with Crippen molar-refractivity contribution in [1.29, 1.82) is 0 Å². The van der Waals surface area contributed by atoms with Crippen molar-refractivity contribution in [3.8, 4) is 0 Å². The van der Waals surface area contributed by atoms with Crippen molar-refractivity contribution in [2.24, 2.45) is 17.8 Å². The Kier molecular flexibility index (Phi) is 4.48. The lowest BCUT2D eigenvalue weighted by atomic mass is 9.98. The van der Waals surface area contributed by atoms with Crippen molar-refractivity contribution in [3.63, 3.8) is 0 Å². The van der Waals surface area contributed by atoms with Crippen LogP contribution in [0.15, 0.2) is 0 Å². The van der Waals surface area contributed by atoms with Gasteiger partial charge in [0.15, 0.2) is 0 Å². The fourth-order valence-electron chi connectivity index (χ4n) is 3.24. The first kappa shape index (κ1) is 13.4. The Bertz CT molecular complexity index is 239. The molecule has 0 bridgehead atoms. The fraction of sp³-hybridized carbons (Fsp3) is 1.00. The van der Waals surface area contributed by atoms with Crippen molar-refractivity contribution in [3.05, 3.63) is 0 Å². The molecule has 0 radical (unpaired) electrons. The number of nitrogens with zero attached hydrogens (tertiary/aromatic N) is 1. The summed E-state index contributed by atoms with van der Waals surface area (Å²) < 4.78 is 0. The largest absolute Gasteiger partial charge is 0.311 e. The van der Waals surface area contributed by atoms with Crippen molar-refractivity contribution in [2.45, 2.75) is 59.0 Å². The Morgan fingerprint density at radius 2 is 2.06 bits per heavy atom. The van der Waals surface area contributed by atoms with Crippen LogP contribution in [0.3, 0.4) is 0 Å². The van der Waals surface area contributed by atoms with Crippen LogP contribution in [0.5, 0.6) is 0 Å². The van der Waals surface area contributed by atoms with Gasteiger partial charge in [0.2, 0.25) is 0 Å². The molecule has 2 nitrogen and oxygen atoms in total. The second-order valence-electron chi connectivity index (χ2n) is 6.72. The molecule has 2 rings (SSSR count). The highest BCUT2D eigenvalue weighted by molar-refractivity contribution is 4.91. The molecule has 2 aliphatic rings. The van der Waals surface area contributed by atoms with Gasteiger partial charge in [-0.1, -0.05) is 27.7 Å². The number of nitrogens with one attached hydrogen (secondary N) is 1. The molecule has 0 aromatic heterocycles. The molecule has 1 heterocycles. The minimum absolute atomic E-state index is 0.729. The first-order chi connectivity index (χ1) is 8.10. The van der Waals surface area contributed by atoms with E-state index in [-0.39, 0.29) is 0 Å². The molecule has 1 aliphatic heterocycles. The lowest BCUT2D eigenvalue weighted by Crippen LogP contribution is -2.57. The van der Waals surface area contributed by atoms with Gasteiger partial charge in [-0.05, 0) is 37.0 Å². The topological polar surface area (TPSA) is 15.3 Å². The van der Waals surface area contributed by atoms with E-state index in [0.717, 1.165) is 29.8 Å². The predicted molar refractivity (Wildman–Crippen MR) is 74.2 cm³/mol. The van der Waals surface area contributed by atoms with Gasteiger partial charge in [-0.25, -0.2) is 0 Å². The van der Waals surface area contributed by atoms with E-state index in [1.807, 2.05) is 0 Å². The zero-order valence-electron chi connectivity index (χ0n) is 12.1. The molecule has 0 spiro atoms. The third kappa shape index (κ3) is 3.69. The van der Waals surface area contributed by atoms with Gasteiger partial charge >= 0.3 is 0 Å². The Hall–Kier alpha value is -0.0800. The average Bonchev–Trinajstić information content (AvgIpc) is 2.94. The Labute approximate surface area is 107 Å². The molecule has 2 heteroatoms. The molecule has 0 aromatic rings. The first-order valence-electron chi connectivity index (χ1n) is 7.57. The number of hydrogen-bond donors (Lipinski definition) is 1. The number of piperazine rings is 1. The summed E-state index contributed by atoms with van der Waals surface area (Å²) in [6.45, 7) is 13.2. The van der Waals surface area contributed by atoms with Crippen molar-refractivity contribution in [1.82, 2.24) is 10.2 Å². The molecule has 1 aliphatic carbocycles. The number of rotatable bonds is 5. The van der Waals surface area contributed by atoms with Crippen molar-refractivity contribution in [2.75, 3.05) is 19.6 Å². The summed E-state index contributed by atoms with van der Waals surface area (Å²) in [6, 6.07) is 1.51. The van der Waals surface area contributed by atoms with Crippen molar-refractivity contribution >= 4 is 0 Å². The van der Waals surface area contributed by atoms with Gasteiger partial charge in [0, 0.05) is 31.7 Å². The zero-order chi connectivity index (χ0) is 12.4. The molecule has 2 fully saturated rings. The van der Waals surface area contributed by atoms with E-state index in [0.29, 0.717) is 0 Å². The standard InChI is InChI=1S/C15H30N2/c1-5-15-8-16-14(6-11(2)3)10-17(15)9-13-7-12(13)4/h11-16H,5-10H2,1-4H3. The van der Waals surface area contributed by atoms with Crippen LogP contribution >= 0.6 is 0 Å². The Morgan fingerprint density at radius 1 is 1.35 bits per heavy atom. The van der Waals surface area contributed by atoms with Crippen molar-refractivity contribution < 1.29 is 0 Å². The van der Waals surface area contributed by atoms with E-state index in [2.05, 4.69) is 37.9 Å². The monoisotopic (exact) mass is 238 g/mol. The summed E-state index contributed by atoms with van der Waals surface area (Å²) in [5.74, 6) is 2.81. The van der Waals surface area contributed by atoms with E-state index < -0.39 is 0 Å². The molecule has 1 saturated heterocycles. The summed E-state index contributed by atoms with van der Waals surface area (Å²) in [5, 5.41) is 3.74. The van der Waals surface area contributed by atoms with Crippen LogP contribution in [0.25, 0.3) is 0 Å². The molecule has 1 N–H and O–H groups in total. The molecule has 0 aromatic carbocycles. The van der Waals surface area contributed by atoms with Crippen LogP contribution in [0.4, 0.5) is 0 Å². The summed E-state index contributed by atoms with van der Waals surface area (Å²) in [7, 11) is 0. The maximum absolute atomic E-state index is 3.74. The van der Waals surface area contributed by atoms with E-state index in [4.69, 9.17) is 0 Å². The zero-order valence-corrected chi connectivity index (χ0v) is 12.1. The smallest absolute Gasteiger partial charge is 0.0218 e. The Morgan fingerprint density at radius 3 is 2.59 bits per heavy atom. The summed E-state index contributed by atoms with van der Waals surface area (Å²) in [4.78, 5) is 2.78. The molecule has 17 heavy (non-hydrogen) atoms. The molecular weight excluding hydrogens is 208 g/mol. The highest BCUT2D eigenvalue weighted by Gasteiger charge is 2.37. The minimum atomic E-state index is 0.729. The molecule has 4 atom stereocenters. The van der Waals surface area contributed by atoms with Crippen LogP contribution < -0.4 is 5.32 Å². The third-order valence-corrected chi connectivity index (χ3v) is 4.59. The minimum Gasteiger partial charge on any atom is -0.311 e. The van der Waals surface area contributed by atoms with Crippen LogP contribution in [-0.2, 0) is 0 Å². The second-order valence-corrected chi connectivity index (χ2v) is 6.72. The molecule has 1 saturated carbocycles. The fourth-order valence-corrected chi connectivity index (χ4v) is 3.24. The maximum Gasteiger partial charge on any atom is 0.0218 e. The van der Waals surface area contributed by atoms with Crippen LogP contribution in [0.1, 0.15) is 47.0 Å². The van der Waals surface area contributed by atoms with Gasteiger partial charge in [-0.3, -0.25) is 4.90 Å². The molecular formula is C15H30N2. The van der Waals surface area contributed by atoms with Gasteiger partial charge in [-0.15, -0.1) is 0 Å². The van der Waals surface area contributed by atoms with Crippen LogP contribution in [0, 0.1) is 17.8 Å². The third-order valence-electron chi connectivity index (χ3n) is 4.59. The lowest BCUT2D eigenvalue weighted by Gasteiger charge is -2.41.